The van der Waals surface area contributed by atoms with Crippen LogP contribution < -0.4 is 5.32 Å². The number of fused-ring (bicyclic) bond motifs is 1. The Morgan fingerprint density at radius 2 is 1.57 bits per heavy atom. The first-order valence-corrected chi connectivity index (χ1v) is 13.5. The van der Waals surface area contributed by atoms with E-state index < -0.39 is 34.4 Å². The van der Waals surface area contributed by atoms with Gasteiger partial charge in [0, 0.05) is 19.5 Å². The van der Waals surface area contributed by atoms with Crippen LogP contribution in [0.5, 0.6) is 0 Å². The number of sulfonamides is 1. The number of carbonyl (C=O) groups is 3. The SMILES string of the molecule is CCNC(=O)C(Cc1ccccc1)N(Cc1ccc(C)cc1)C(=O)CN1C(=O)c2ccccc2S1(=O)=O. The van der Waals surface area contributed by atoms with E-state index in [-0.39, 0.29) is 29.3 Å². The number of rotatable bonds is 9. The van der Waals surface area contributed by atoms with E-state index in [1.54, 1.807) is 13.0 Å². The van der Waals surface area contributed by atoms with Crippen molar-refractivity contribution >= 4 is 27.7 Å². The lowest BCUT2D eigenvalue weighted by atomic mass is 10.0. The Morgan fingerprint density at radius 1 is 0.919 bits per heavy atom. The van der Waals surface area contributed by atoms with Crippen LogP contribution in [0.2, 0.25) is 0 Å². The molecule has 37 heavy (non-hydrogen) atoms. The summed E-state index contributed by atoms with van der Waals surface area (Å²) in [6.07, 6.45) is 0.227. The standard InChI is InChI=1S/C28H29N3O5S/c1-3-29-27(33)24(17-21-9-5-4-6-10-21)30(18-22-15-13-20(2)14-16-22)26(32)19-31-28(34)23-11-7-8-12-25(23)37(31,35)36/h4-16,24H,3,17-19H2,1-2H3,(H,29,33). The number of likely N-dealkylation sites (N-methyl/N-ethyl adjacent to an activating group) is 1. The first-order chi connectivity index (χ1) is 17.7. The van der Waals surface area contributed by atoms with Crippen LogP contribution >= 0.6 is 0 Å². The van der Waals surface area contributed by atoms with Gasteiger partial charge in [0.05, 0.1) is 5.56 Å². The van der Waals surface area contributed by atoms with Gasteiger partial charge in [0.15, 0.2) is 0 Å². The normalized spacial score (nSPS) is 14.6. The molecule has 3 aromatic carbocycles. The minimum absolute atomic E-state index is 0.0324. The molecule has 1 heterocycles. The molecule has 8 nitrogen and oxygen atoms in total. The number of nitrogens with one attached hydrogen (secondary N) is 1. The molecule has 4 rings (SSSR count). The minimum atomic E-state index is -4.18. The van der Waals surface area contributed by atoms with E-state index in [2.05, 4.69) is 5.32 Å². The van der Waals surface area contributed by atoms with E-state index in [0.29, 0.717) is 10.8 Å². The second kappa shape index (κ2) is 11.0. The van der Waals surface area contributed by atoms with Crippen molar-refractivity contribution < 1.29 is 22.8 Å². The van der Waals surface area contributed by atoms with Crippen LogP contribution in [0, 0.1) is 6.92 Å². The van der Waals surface area contributed by atoms with Gasteiger partial charge in [0.2, 0.25) is 11.8 Å². The molecule has 0 spiro atoms. The molecular formula is C28H29N3O5S. The van der Waals surface area contributed by atoms with Crippen LogP contribution in [0.4, 0.5) is 0 Å². The summed E-state index contributed by atoms with van der Waals surface area (Å²) in [7, 11) is -4.18. The van der Waals surface area contributed by atoms with Crippen LogP contribution in [-0.4, -0.2) is 54.5 Å². The van der Waals surface area contributed by atoms with E-state index >= 15 is 0 Å². The molecule has 1 aliphatic heterocycles. The zero-order chi connectivity index (χ0) is 26.6. The van der Waals surface area contributed by atoms with Gasteiger partial charge in [0.1, 0.15) is 17.5 Å². The van der Waals surface area contributed by atoms with Crippen LogP contribution in [0.25, 0.3) is 0 Å². The summed E-state index contributed by atoms with van der Waals surface area (Å²) in [5.41, 5.74) is 2.69. The van der Waals surface area contributed by atoms with Gasteiger partial charge in [-0.1, -0.05) is 72.3 Å². The summed E-state index contributed by atoms with van der Waals surface area (Å²) in [5, 5.41) is 2.80. The molecule has 3 amide bonds. The quantitative estimate of drug-likeness (QED) is 0.468. The Hall–Kier alpha value is -3.98. The molecule has 1 aliphatic rings. The molecule has 1 N–H and O–H groups in total. The van der Waals surface area contributed by atoms with Crippen molar-refractivity contribution in [3.05, 3.63) is 101 Å². The Balaban J connectivity index is 1.70. The monoisotopic (exact) mass is 519 g/mol. The maximum Gasteiger partial charge on any atom is 0.269 e. The van der Waals surface area contributed by atoms with Gasteiger partial charge >= 0.3 is 0 Å². The molecule has 0 aromatic heterocycles. The zero-order valence-corrected chi connectivity index (χ0v) is 21.6. The van der Waals surface area contributed by atoms with Crippen LogP contribution in [0.3, 0.4) is 0 Å². The Kier molecular flexibility index (Phi) is 7.73. The van der Waals surface area contributed by atoms with Gasteiger partial charge in [-0.2, -0.15) is 0 Å². The lowest BCUT2D eigenvalue weighted by molar-refractivity contribution is -0.141. The number of aryl methyl sites for hydroxylation is 1. The van der Waals surface area contributed by atoms with E-state index in [0.717, 1.165) is 16.7 Å². The van der Waals surface area contributed by atoms with Crippen molar-refractivity contribution in [1.82, 2.24) is 14.5 Å². The fraction of sp³-hybridized carbons (Fsp3) is 0.250. The molecule has 192 valence electrons. The Labute approximate surface area is 217 Å². The molecule has 3 aromatic rings. The molecule has 0 saturated carbocycles. The number of hydrogen-bond acceptors (Lipinski definition) is 5. The summed E-state index contributed by atoms with van der Waals surface area (Å²) < 4.78 is 26.8. The predicted molar refractivity (Wildman–Crippen MR) is 139 cm³/mol. The average molecular weight is 520 g/mol. The highest BCUT2D eigenvalue weighted by atomic mass is 32.2. The number of benzene rings is 3. The van der Waals surface area contributed by atoms with E-state index in [4.69, 9.17) is 0 Å². The summed E-state index contributed by atoms with van der Waals surface area (Å²) in [4.78, 5) is 41.2. The number of carbonyl (C=O) groups excluding carboxylic acids is 3. The number of nitrogens with zero attached hydrogens (tertiary/aromatic N) is 2. The number of hydrogen-bond donors (Lipinski definition) is 1. The Bertz CT molecular complexity index is 1410. The van der Waals surface area contributed by atoms with Crippen molar-refractivity contribution in [2.24, 2.45) is 0 Å². The second-order valence-corrected chi connectivity index (χ2v) is 10.8. The third kappa shape index (κ3) is 5.56. The summed E-state index contributed by atoms with van der Waals surface area (Å²) in [6, 6.07) is 21.8. The second-order valence-electron chi connectivity index (χ2n) is 8.92. The van der Waals surface area contributed by atoms with Gasteiger partial charge in [-0.05, 0) is 37.1 Å². The predicted octanol–water partition coefficient (Wildman–Crippen LogP) is 2.92. The maximum absolute atomic E-state index is 13.8. The third-order valence-corrected chi connectivity index (χ3v) is 8.07. The van der Waals surface area contributed by atoms with Gasteiger partial charge in [-0.3, -0.25) is 14.4 Å². The molecule has 1 unspecified atom stereocenters. The van der Waals surface area contributed by atoms with Crippen molar-refractivity contribution in [2.75, 3.05) is 13.1 Å². The van der Waals surface area contributed by atoms with Crippen molar-refractivity contribution in [3.63, 3.8) is 0 Å². The molecule has 0 aliphatic carbocycles. The van der Waals surface area contributed by atoms with Crippen molar-refractivity contribution in [3.8, 4) is 0 Å². The molecule has 9 heteroatoms. The summed E-state index contributed by atoms with van der Waals surface area (Å²) >= 11 is 0. The van der Waals surface area contributed by atoms with Crippen molar-refractivity contribution in [2.45, 2.75) is 37.8 Å². The first kappa shape index (κ1) is 26.1. The molecular weight excluding hydrogens is 490 g/mol. The fourth-order valence-corrected chi connectivity index (χ4v) is 5.86. The largest absolute Gasteiger partial charge is 0.355 e. The summed E-state index contributed by atoms with van der Waals surface area (Å²) in [5.74, 6) is -1.75. The highest BCUT2D eigenvalue weighted by Gasteiger charge is 2.43. The molecule has 1 atom stereocenters. The first-order valence-electron chi connectivity index (χ1n) is 12.0. The molecule has 0 fully saturated rings. The molecule has 0 saturated heterocycles. The topological polar surface area (TPSA) is 104 Å². The maximum atomic E-state index is 13.8. The van der Waals surface area contributed by atoms with E-state index in [1.807, 2.05) is 61.5 Å². The van der Waals surface area contributed by atoms with Crippen LogP contribution in [0.1, 0.15) is 34.0 Å². The third-order valence-electron chi connectivity index (χ3n) is 6.29. The van der Waals surface area contributed by atoms with E-state index in [1.165, 1.54) is 23.1 Å². The van der Waals surface area contributed by atoms with Crippen molar-refractivity contribution in [1.29, 1.82) is 0 Å². The zero-order valence-electron chi connectivity index (χ0n) is 20.8. The lowest BCUT2D eigenvalue weighted by Crippen LogP contribution is -2.53. The van der Waals surface area contributed by atoms with Crippen LogP contribution in [0.15, 0.2) is 83.8 Å². The van der Waals surface area contributed by atoms with Gasteiger partial charge in [-0.25, -0.2) is 12.7 Å². The highest BCUT2D eigenvalue weighted by Crippen LogP contribution is 2.30. The van der Waals surface area contributed by atoms with E-state index in [9.17, 15) is 22.8 Å². The number of amides is 3. The molecule has 0 radical (unpaired) electrons. The fourth-order valence-electron chi connectivity index (χ4n) is 4.34. The molecule has 0 bridgehead atoms. The summed E-state index contributed by atoms with van der Waals surface area (Å²) in [6.45, 7) is 3.47. The van der Waals surface area contributed by atoms with Gasteiger partial charge in [0.25, 0.3) is 15.9 Å². The van der Waals surface area contributed by atoms with Crippen LogP contribution in [-0.2, 0) is 32.6 Å². The minimum Gasteiger partial charge on any atom is -0.355 e. The highest BCUT2D eigenvalue weighted by molar-refractivity contribution is 7.90. The lowest BCUT2D eigenvalue weighted by Gasteiger charge is -2.32. The Morgan fingerprint density at radius 3 is 2.22 bits per heavy atom. The average Bonchev–Trinajstić information content (AvgIpc) is 3.08. The smallest absolute Gasteiger partial charge is 0.269 e. The van der Waals surface area contributed by atoms with Gasteiger partial charge < -0.3 is 10.2 Å². The van der Waals surface area contributed by atoms with Gasteiger partial charge in [-0.15, -0.1) is 0 Å².